The number of hydrogen-bond donors (Lipinski definition) is 1. The summed E-state index contributed by atoms with van der Waals surface area (Å²) in [5.74, 6) is 0.540. The van der Waals surface area contributed by atoms with Gasteiger partial charge in [0.25, 0.3) is 0 Å². The number of carbonyl (C=O) groups is 1. The van der Waals surface area contributed by atoms with Crippen LogP contribution in [0.25, 0.3) is 6.08 Å². The maximum absolute atomic E-state index is 12.5. The van der Waals surface area contributed by atoms with Crippen LogP contribution >= 0.6 is 0 Å². The molecular formula is C30H35NO4Si. The lowest BCUT2D eigenvalue weighted by molar-refractivity contribution is -0.126. The van der Waals surface area contributed by atoms with E-state index in [0.717, 1.165) is 36.3 Å². The first-order valence-corrected chi connectivity index (χ1v) is 14.4. The minimum atomic E-state index is -3.21. The maximum Gasteiger partial charge on any atom is 0.469 e. The molecule has 0 bridgehead atoms. The second-order valence-electron chi connectivity index (χ2n) is 10.1. The molecule has 0 aliphatic carbocycles. The monoisotopic (exact) mass is 501 g/mol. The summed E-state index contributed by atoms with van der Waals surface area (Å²) < 4.78 is 13.6. The standard InChI is InChI=1S/C30H35NO4Si/c1-30(2,3)35-36(26-13-7-4-8-14-26,27-15-9-5-10-16-27)34-25-19-17-24(28(32)23-25)18-20-29(33)31-21-11-6-12-22-31/h4-5,7-10,13-20,23,32H,6,11-12,21-22H2,1-3H3/b20-18+. The van der Waals surface area contributed by atoms with Crippen LogP contribution in [-0.2, 0) is 9.22 Å². The van der Waals surface area contributed by atoms with Gasteiger partial charge in [-0.2, -0.15) is 0 Å². The van der Waals surface area contributed by atoms with Gasteiger partial charge in [0, 0.05) is 41.2 Å². The summed E-state index contributed by atoms with van der Waals surface area (Å²) in [6.07, 6.45) is 6.47. The van der Waals surface area contributed by atoms with Crippen molar-refractivity contribution < 1.29 is 18.8 Å². The fourth-order valence-electron chi connectivity index (χ4n) is 4.44. The van der Waals surface area contributed by atoms with Gasteiger partial charge >= 0.3 is 8.56 Å². The average molecular weight is 502 g/mol. The second kappa shape index (κ2) is 11.1. The van der Waals surface area contributed by atoms with Crippen LogP contribution in [0.5, 0.6) is 11.5 Å². The molecule has 6 heteroatoms. The number of benzene rings is 3. The summed E-state index contributed by atoms with van der Waals surface area (Å²) in [4.78, 5) is 14.4. The number of rotatable bonds is 7. The molecule has 4 rings (SSSR count). The van der Waals surface area contributed by atoms with Crippen molar-refractivity contribution in [3.63, 3.8) is 0 Å². The summed E-state index contributed by atoms with van der Waals surface area (Å²) in [5.41, 5.74) is 0.0911. The molecule has 36 heavy (non-hydrogen) atoms. The molecule has 0 radical (unpaired) electrons. The smallest absolute Gasteiger partial charge is 0.469 e. The minimum Gasteiger partial charge on any atom is -0.514 e. The van der Waals surface area contributed by atoms with E-state index in [1.807, 2.05) is 92.4 Å². The van der Waals surface area contributed by atoms with Crippen molar-refractivity contribution in [1.82, 2.24) is 4.90 Å². The van der Waals surface area contributed by atoms with Crippen molar-refractivity contribution in [2.45, 2.75) is 45.6 Å². The third kappa shape index (κ3) is 6.25. The molecule has 3 aromatic carbocycles. The van der Waals surface area contributed by atoms with E-state index in [2.05, 4.69) is 0 Å². The van der Waals surface area contributed by atoms with E-state index in [4.69, 9.17) is 8.85 Å². The number of carbonyl (C=O) groups excluding carboxylic acids is 1. The van der Waals surface area contributed by atoms with Crippen LogP contribution in [0.4, 0.5) is 0 Å². The van der Waals surface area contributed by atoms with E-state index in [-0.39, 0.29) is 11.7 Å². The predicted molar refractivity (Wildman–Crippen MR) is 147 cm³/mol. The molecular weight excluding hydrogens is 466 g/mol. The third-order valence-electron chi connectivity index (χ3n) is 6.09. The fraction of sp³-hybridized carbons (Fsp3) is 0.300. The molecule has 1 heterocycles. The fourth-order valence-corrected chi connectivity index (χ4v) is 7.87. The number of hydrogen-bond acceptors (Lipinski definition) is 4. The van der Waals surface area contributed by atoms with Crippen LogP contribution in [0, 0.1) is 0 Å². The second-order valence-corrected chi connectivity index (χ2v) is 12.9. The number of likely N-dealkylation sites (tertiary alicyclic amines) is 1. The summed E-state index contributed by atoms with van der Waals surface area (Å²) in [7, 11) is -3.21. The average Bonchev–Trinajstić information content (AvgIpc) is 2.88. The molecule has 0 atom stereocenters. The van der Waals surface area contributed by atoms with E-state index in [9.17, 15) is 9.90 Å². The molecule has 0 unspecified atom stereocenters. The predicted octanol–water partition coefficient (Wildman–Crippen LogP) is 4.87. The lowest BCUT2D eigenvalue weighted by atomic mass is 10.1. The van der Waals surface area contributed by atoms with Crippen molar-refractivity contribution in [1.29, 1.82) is 0 Å². The first-order chi connectivity index (χ1) is 17.3. The molecule has 1 aliphatic rings. The Hall–Kier alpha value is -3.35. The van der Waals surface area contributed by atoms with Crippen molar-refractivity contribution in [3.8, 4) is 11.5 Å². The molecule has 1 saturated heterocycles. The Bertz CT molecular complexity index is 1140. The first kappa shape index (κ1) is 25.7. The molecule has 0 spiro atoms. The van der Waals surface area contributed by atoms with Crippen LogP contribution in [0.3, 0.4) is 0 Å². The largest absolute Gasteiger partial charge is 0.514 e. The molecule has 188 valence electrons. The molecule has 0 saturated carbocycles. The van der Waals surface area contributed by atoms with Gasteiger partial charge in [-0.1, -0.05) is 60.7 Å². The Morgan fingerprint density at radius 1 is 0.889 bits per heavy atom. The Balaban J connectivity index is 1.66. The quantitative estimate of drug-likeness (QED) is 0.371. The van der Waals surface area contributed by atoms with Gasteiger partial charge in [0.1, 0.15) is 11.5 Å². The van der Waals surface area contributed by atoms with Gasteiger partial charge in [0.15, 0.2) is 0 Å². The Morgan fingerprint density at radius 2 is 1.47 bits per heavy atom. The Morgan fingerprint density at radius 3 is 2.00 bits per heavy atom. The van der Waals surface area contributed by atoms with Crippen LogP contribution in [0.1, 0.15) is 45.6 Å². The first-order valence-electron chi connectivity index (χ1n) is 12.6. The summed E-state index contributed by atoms with van der Waals surface area (Å²) in [6, 6.07) is 25.2. The molecule has 1 N–H and O–H groups in total. The van der Waals surface area contributed by atoms with Crippen LogP contribution in [0.15, 0.2) is 84.9 Å². The van der Waals surface area contributed by atoms with Crippen LogP contribution in [0.2, 0.25) is 0 Å². The van der Waals surface area contributed by atoms with E-state index in [1.54, 1.807) is 18.2 Å². The van der Waals surface area contributed by atoms with Crippen molar-refractivity contribution in [3.05, 3.63) is 90.5 Å². The van der Waals surface area contributed by atoms with Crippen molar-refractivity contribution in [2.24, 2.45) is 0 Å². The summed E-state index contributed by atoms with van der Waals surface area (Å²) >= 11 is 0. The summed E-state index contributed by atoms with van der Waals surface area (Å²) in [5, 5.41) is 12.8. The third-order valence-corrected chi connectivity index (χ3v) is 9.70. The highest BCUT2D eigenvalue weighted by atomic mass is 28.4. The highest BCUT2D eigenvalue weighted by molar-refractivity contribution is 6.93. The lowest BCUT2D eigenvalue weighted by Crippen LogP contribution is -2.68. The Kier molecular flexibility index (Phi) is 7.96. The van der Waals surface area contributed by atoms with E-state index < -0.39 is 14.2 Å². The van der Waals surface area contributed by atoms with Crippen molar-refractivity contribution in [2.75, 3.05) is 13.1 Å². The SMILES string of the molecule is CC(C)(C)O[Si](Oc1ccc(/C=C/C(=O)N2CCCCC2)c(O)c1)(c1ccccc1)c1ccccc1. The molecule has 1 aliphatic heterocycles. The number of phenols is 1. The normalized spacial score (nSPS) is 14.7. The van der Waals surface area contributed by atoms with Gasteiger partial charge in [-0.25, -0.2) is 0 Å². The van der Waals surface area contributed by atoms with Crippen molar-refractivity contribution >= 4 is 30.9 Å². The highest BCUT2D eigenvalue weighted by Crippen LogP contribution is 2.28. The molecule has 3 aromatic rings. The van der Waals surface area contributed by atoms with Crippen LogP contribution in [-0.4, -0.2) is 43.2 Å². The Labute approximate surface area is 215 Å². The molecule has 1 fully saturated rings. The van der Waals surface area contributed by atoms with E-state index >= 15 is 0 Å². The lowest BCUT2D eigenvalue weighted by Gasteiger charge is -2.37. The van der Waals surface area contributed by atoms with Gasteiger partial charge in [0.05, 0.1) is 5.60 Å². The van der Waals surface area contributed by atoms with Gasteiger partial charge in [-0.05, 0) is 58.2 Å². The van der Waals surface area contributed by atoms with Gasteiger partial charge in [-0.3, -0.25) is 4.79 Å². The molecule has 0 aromatic heterocycles. The number of nitrogens with zero attached hydrogens (tertiary/aromatic N) is 1. The van der Waals surface area contributed by atoms with Crippen LogP contribution < -0.4 is 14.8 Å². The number of amides is 1. The number of phenolic OH excluding ortho intramolecular Hbond substituents is 1. The maximum atomic E-state index is 12.5. The number of piperidine rings is 1. The van der Waals surface area contributed by atoms with E-state index in [1.165, 1.54) is 12.5 Å². The molecule has 5 nitrogen and oxygen atoms in total. The minimum absolute atomic E-state index is 0.0208. The zero-order valence-electron chi connectivity index (χ0n) is 21.3. The zero-order chi connectivity index (χ0) is 25.6. The zero-order valence-corrected chi connectivity index (χ0v) is 22.3. The van der Waals surface area contributed by atoms with Gasteiger partial charge < -0.3 is 18.9 Å². The number of aromatic hydroxyl groups is 1. The highest BCUT2D eigenvalue weighted by Gasteiger charge is 2.48. The van der Waals surface area contributed by atoms with E-state index in [0.29, 0.717) is 11.3 Å². The topological polar surface area (TPSA) is 59.0 Å². The van der Waals surface area contributed by atoms with Gasteiger partial charge in [0.2, 0.25) is 5.91 Å². The summed E-state index contributed by atoms with van der Waals surface area (Å²) in [6.45, 7) is 7.65. The van der Waals surface area contributed by atoms with Gasteiger partial charge in [-0.15, -0.1) is 0 Å². The molecule has 1 amide bonds.